The van der Waals surface area contributed by atoms with Gasteiger partial charge in [0.2, 0.25) is 0 Å². The molecule has 0 unspecified atom stereocenters. The summed E-state index contributed by atoms with van der Waals surface area (Å²) in [6.07, 6.45) is 1.93. The topological polar surface area (TPSA) is 22.0 Å². The van der Waals surface area contributed by atoms with Gasteiger partial charge in [-0.15, -0.1) is 0 Å². The molecule has 0 bridgehead atoms. The molecule has 0 spiro atoms. The first kappa shape index (κ1) is 12.8. The first-order valence-corrected chi connectivity index (χ1v) is 7.31. The van der Waals surface area contributed by atoms with Gasteiger partial charge in [0, 0.05) is 24.2 Å². The Kier molecular flexibility index (Phi) is 2.83. The van der Waals surface area contributed by atoms with Crippen LogP contribution in [-0.2, 0) is 7.05 Å². The van der Waals surface area contributed by atoms with Gasteiger partial charge < -0.3 is 4.57 Å². The number of benzene rings is 3. The maximum atomic E-state index is 12.8. The normalized spacial score (nSPS) is 11.1. The molecule has 1 aromatic heterocycles. The lowest BCUT2D eigenvalue weighted by Crippen LogP contribution is -2.10. The fraction of sp³-hybridized carbons (Fsp3) is 0.0500. The summed E-state index contributed by atoms with van der Waals surface area (Å²) in [6.45, 7) is 0. The van der Waals surface area contributed by atoms with Crippen LogP contribution in [0.1, 0.15) is 0 Å². The van der Waals surface area contributed by atoms with Gasteiger partial charge in [0.1, 0.15) is 0 Å². The number of pyridine rings is 1. The molecule has 0 radical (unpaired) electrons. The highest BCUT2D eigenvalue weighted by Crippen LogP contribution is 2.23. The van der Waals surface area contributed by atoms with E-state index in [1.807, 2.05) is 60.3 Å². The molecule has 1 heterocycles. The Morgan fingerprint density at radius 1 is 0.818 bits per heavy atom. The van der Waals surface area contributed by atoms with Gasteiger partial charge in [-0.05, 0) is 34.5 Å². The minimum absolute atomic E-state index is 0.0870. The summed E-state index contributed by atoms with van der Waals surface area (Å²) in [4.78, 5) is 12.8. The minimum atomic E-state index is 0.0870. The van der Waals surface area contributed by atoms with Gasteiger partial charge in [-0.3, -0.25) is 4.79 Å². The zero-order valence-electron chi connectivity index (χ0n) is 12.3. The number of para-hydroxylation sites is 1. The zero-order chi connectivity index (χ0) is 15.1. The van der Waals surface area contributed by atoms with Crippen LogP contribution in [0.25, 0.3) is 32.8 Å². The van der Waals surface area contributed by atoms with Crippen LogP contribution in [-0.4, -0.2) is 4.57 Å². The number of nitrogens with zero attached hydrogens (tertiary/aromatic N) is 1. The molecule has 0 saturated carbocycles. The van der Waals surface area contributed by atoms with E-state index in [1.54, 1.807) is 0 Å². The number of aryl methyl sites for hydroxylation is 1. The number of rotatable bonds is 1. The van der Waals surface area contributed by atoms with Crippen molar-refractivity contribution in [2.24, 2.45) is 7.05 Å². The van der Waals surface area contributed by atoms with Gasteiger partial charge in [-0.25, -0.2) is 0 Å². The van der Waals surface area contributed by atoms with Crippen molar-refractivity contribution in [1.82, 2.24) is 4.57 Å². The van der Waals surface area contributed by atoms with Crippen molar-refractivity contribution in [1.29, 1.82) is 0 Å². The number of hydrogen-bond acceptors (Lipinski definition) is 1. The second-order valence-electron chi connectivity index (χ2n) is 5.56. The van der Waals surface area contributed by atoms with Crippen molar-refractivity contribution in [3.05, 3.63) is 83.2 Å². The van der Waals surface area contributed by atoms with E-state index in [0.717, 1.165) is 27.4 Å². The van der Waals surface area contributed by atoms with Crippen LogP contribution in [0.3, 0.4) is 0 Å². The average molecular weight is 285 g/mol. The fourth-order valence-corrected chi connectivity index (χ4v) is 3.00. The Balaban J connectivity index is 2.04. The lowest BCUT2D eigenvalue weighted by Gasteiger charge is -2.10. The van der Waals surface area contributed by atoms with E-state index in [0.29, 0.717) is 0 Å². The van der Waals surface area contributed by atoms with Gasteiger partial charge in [-0.1, -0.05) is 48.5 Å². The molecule has 106 valence electrons. The largest absolute Gasteiger partial charge is 0.350 e. The third kappa shape index (κ3) is 1.92. The molecule has 0 fully saturated rings. The summed E-state index contributed by atoms with van der Waals surface area (Å²) in [5, 5.41) is 3.09. The van der Waals surface area contributed by atoms with E-state index >= 15 is 0 Å². The van der Waals surface area contributed by atoms with Gasteiger partial charge >= 0.3 is 0 Å². The molecule has 3 aromatic carbocycles. The highest BCUT2D eigenvalue weighted by Gasteiger charge is 2.09. The molecule has 0 saturated heterocycles. The van der Waals surface area contributed by atoms with Crippen molar-refractivity contribution in [2.75, 3.05) is 0 Å². The van der Waals surface area contributed by atoms with E-state index < -0.39 is 0 Å². The first-order chi connectivity index (χ1) is 10.7. The molecule has 2 nitrogen and oxygen atoms in total. The van der Waals surface area contributed by atoms with E-state index in [4.69, 9.17) is 0 Å². The maximum Gasteiger partial charge on any atom is 0.197 e. The van der Waals surface area contributed by atoms with Gasteiger partial charge in [0.05, 0.1) is 5.52 Å². The van der Waals surface area contributed by atoms with Crippen molar-refractivity contribution in [3.63, 3.8) is 0 Å². The summed E-state index contributed by atoms with van der Waals surface area (Å²) in [7, 11) is 1.98. The fourth-order valence-electron chi connectivity index (χ4n) is 3.00. The quantitative estimate of drug-likeness (QED) is 0.509. The van der Waals surface area contributed by atoms with E-state index in [-0.39, 0.29) is 5.43 Å². The van der Waals surface area contributed by atoms with Gasteiger partial charge in [0.25, 0.3) is 0 Å². The molecule has 4 aromatic rings. The molecular formula is C20H15NO. The minimum Gasteiger partial charge on any atom is -0.350 e. The van der Waals surface area contributed by atoms with Crippen molar-refractivity contribution < 1.29 is 0 Å². The highest BCUT2D eigenvalue weighted by molar-refractivity contribution is 5.89. The number of aromatic nitrogens is 1. The van der Waals surface area contributed by atoms with Crippen LogP contribution in [0.4, 0.5) is 0 Å². The summed E-state index contributed by atoms with van der Waals surface area (Å²) >= 11 is 0. The highest BCUT2D eigenvalue weighted by atomic mass is 16.1. The van der Waals surface area contributed by atoms with Crippen LogP contribution in [0.2, 0.25) is 0 Å². The van der Waals surface area contributed by atoms with Gasteiger partial charge in [0.15, 0.2) is 5.43 Å². The predicted octanol–water partition coefficient (Wildman–Crippen LogP) is 4.36. The summed E-state index contributed by atoms with van der Waals surface area (Å²) in [6, 6.07) is 22.1. The molecule has 4 rings (SSSR count). The number of hydrogen-bond donors (Lipinski definition) is 0. The Labute approximate surface area is 128 Å². The Bertz CT molecular complexity index is 1060. The van der Waals surface area contributed by atoms with Crippen LogP contribution in [0.15, 0.2) is 77.7 Å². The molecule has 0 aliphatic heterocycles. The lowest BCUT2D eigenvalue weighted by atomic mass is 10.0. The van der Waals surface area contributed by atoms with Crippen molar-refractivity contribution >= 4 is 21.7 Å². The monoisotopic (exact) mass is 285 g/mol. The smallest absolute Gasteiger partial charge is 0.197 e. The Hall–Kier alpha value is -2.87. The Morgan fingerprint density at radius 3 is 2.41 bits per heavy atom. The summed E-state index contributed by atoms with van der Waals surface area (Å²) in [5.41, 5.74) is 2.75. The second-order valence-corrected chi connectivity index (χ2v) is 5.56. The molecule has 0 N–H and O–H groups in total. The van der Waals surface area contributed by atoms with Crippen LogP contribution >= 0.6 is 0 Å². The van der Waals surface area contributed by atoms with Crippen molar-refractivity contribution in [3.8, 4) is 11.1 Å². The predicted molar refractivity (Wildman–Crippen MR) is 92.1 cm³/mol. The second kappa shape index (κ2) is 4.85. The molecule has 2 heteroatoms. The SMILES string of the molecule is Cn1cc(-c2ccc3ccccc3c2)c(=O)c2ccccc21. The van der Waals surface area contributed by atoms with E-state index in [1.165, 1.54) is 5.39 Å². The molecule has 0 atom stereocenters. The van der Waals surface area contributed by atoms with Crippen LogP contribution in [0.5, 0.6) is 0 Å². The van der Waals surface area contributed by atoms with Crippen LogP contribution < -0.4 is 5.43 Å². The maximum absolute atomic E-state index is 12.8. The molecule has 0 aliphatic rings. The first-order valence-electron chi connectivity index (χ1n) is 7.31. The number of fused-ring (bicyclic) bond motifs is 2. The van der Waals surface area contributed by atoms with Crippen LogP contribution in [0, 0.1) is 0 Å². The third-order valence-corrected chi connectivity index (χ3v) is 4.16. The van der Waals surface area contributed by atoms with E-state index in [2.05, 4.69) is 24.3 Å². The summed E-state index contributed by atoms with van der Waals surface area (Å²) < 4.78 is 2.02. The third-order valence-electron chi connectivity index (χ3n) is 4.16. The zero-order valence-corrected chi connectivity index (χ0v) is 12.3. The molecule has 22 heavy (non-hydrogen) atoms. The molecule has 0 aliphatic carbocycles. The standard InChI is InChI=1S/C20H15NO/c1-21-13-18(20(22)17-8-4-5-9-19(17)21)16-11-10-14-6-2-3-7-15(14)12-16/h2-13H,1H3. The molecular weight excluding hydrogens is 270 g/mol. The average Bonchev–Trinajstić information content (AvgIpc) is 2.58. The van der Waals surface area contributed by atoms with Gasteiger partial charge in [-0.2, -0.15) is 0 Å². The van der Waals surface area contributed by atoms with E-state index in [9.17, 15) is 4.79 Å². The van der Waals surface area contributed by atoms with Crippen molar-refractivity contribution in [2.45, 2.75) is 0 Å². The lowest BCUT2D eigenvalue weighted by molar-refractivity contribution is 0.952. The molecule has 0 amide bonds. The Morgan fingerprint density at radius 2 is 1.55 bits per heavy atom. The summed E-state index contributed by atoms with van der Waals surface area (Å²) in [5.74, 6) is 0.